The van der Waals surface area contributed by atoms with E-state index in [1.807, 2.05) is 0 Å². The van der Waals surface area contributed by atoms with Crippen molar-refractivity contribution in [3.63, 3.8) is 0 Å². The standard InChI is InChI=1S/C19H28O3/c1-13-12-15(7-8-16(13)17-21-10-11-22-17)19(20)14(2)6-5-9-18(19,3)4/h7-8,12,14,17,20H,5-6,9-11H2,1-4H3/t14-,19-/m0/s1. The van der Waals surface area contributed by atoms with Crippen molar-refractivity contribution in [1.82, 2.24) is 0 Å². The minimum Gasteiger partial charge on any atom is -0.384 e. The second kappa shape index (κ2) is 5.63. The molecule has 0 unspecified atom stereocenters. The third kappa shape index (κ3) is 2.40. The minimum absolute atomic E-state index is 0.112. The maximum atomic E-state index is 11.6. The molecule has 0 spiro atoms. The smallest absolute Gasteiger partial charge is 0.184 e. The second-order valence-electron chi connectivity index (χ2n) is 7.59. The monoisotopic (exact) mass is 304 g/mol. The molecule has 1 heterocycles. The van der Waals surface area contributed by atoms with Crippen molar-refractivity contribution in [2.24, 2.45) is 11.3 Å². The Morgan fingerprint density at radius 3 is 2.45 bits per heavy atom. The number of aryl methyl sites for hydroxylation is 1. The lowest BCUT2D eigenvalue weighted by Gasteiger charge is -2.51. The number of rotatable bonds is 2. The van der Waals surface area contributed by atoms with Crippen LogP contribution in [0.4, 0.5) is 0 Å². The highest BCUT2D eigenvalue weighted by atomic mass is 16.7. The summed E-state index contributed by atoms with van der Waals surface area (Å²) < 4.78 is 11.2. The Kier molecular flexibility index (Phi) is 4.09. The van der Waals surface area contributed by atoms with Crippen LogP contribution in [0.3, 0.4) is 0 Å². The predicted octanol–water partition coefficient (Wildman–Crippen LogP) is 4.07. The molecule has 3 nitrogen and oxygen atoms in total. The van der Waals surface area contributed by atoms with Gasteiger partial charge in [0.1, 0.15) is 0 Å². The van der Waals surface area contributed by atoms with Crippen molar-refractivity contribution >= 4 is 0 Å². The number of benzene rings is 1. The van der Waals surface area contributed by atoms with Gasteiger partial charge >= 0.3 is 0 Å². The molecule has 1 aliphatic heterocycles. The fourth-order valence-corrected chi connectivity index (χ4v) is 4.31. The zero-order chi connectivity index (χ0) is 16.0. The molecule has 2 fully saturated rings. The van der Waals surface area contributed by atoms with E-state index in [-0.39, 0.29) is 17.6 Å². The highest BCUT2D eigenvalue weighted by Crippen LogP contribution is 2.53. The molecule has 2 atom stereocenters. The maximum Gasteiger partial charge on any atom is 0.184 e. The Morgan fingerprint density at radius 1 is 1.18 bits per heavy atom. The first-order valence-corrected chi connectivity index (χ1v) is 8.43. The Bertz CT molecular complexity index is 546. The van der Waals surface area contributed by atoms with Gasteiger partial charge < -0.3 is 14.6 Å². The van der Waals surface area contributed by atoms with Crippen molar-refractivity contribution in [2.45, 2.75) is 58.8 Å². The number of hydrogen-bond donors (Lipinski definition) is 1. The van der Waals surface area contributed by atoms with Crippen molar-refractivity contribution < 1.29 is 14.6 Å². The summed E-state index contributed by atoms with van der Waals surface area (Å²) in [5, 5.41) is 11.6. The molecule has 2 aliphatic rings. The lowest BCUT2D eigenvalue weighted by Crippen LogP contribution is -2.49. The summed E-state index contributed by atoms with van der Waals surface area (Å²) in [7, 11) is 0. The zero-order valence-electron chi connectivity index (χ0n) is 14.2. The lowest BCUT2D eigenvalue weighted by molar-refractivity contribution is -0.141. The van der Waals surface area contributed by atoms with Crippen molar-refractivity contribution in [3.8, 4) is 0 Å². The molecule has 22 heavy (non-hydrogen) atoms. The first-order valence-electron chi connectivity index (χ1n) is 8.43. The van der Waals surface area contributed by atoms with Crippen LogP contribution in [0.25, 0.3) is 0 Å². The minimum atomic E-state index is -0.772. The maximum absolute atomic E-state index is 11.6. The molecule has 1 aromatic rings. The average molecular weight is 304 g/mol. The molecule has 0 bridgehead atoms. The Balaban J connectivity index is 1.98. The Hall–Kier alpha value is -0.900. The summed E-state index contributed by atoms with van der Waals surface area (Å²) in [6, 6.07) is 6.26. The largest absolute Gasteiger partial charge is 0.384 e. The summed E-state index contributed by atoms with van der Waals surface area (Å²) in [6.45, 7) is 9.94. The average Bonchev–Trinajstić information content (AvgIpc) is 2.98. The molecule has 3 heteroatoms. The van der Waals surface area contributed by atoms with Gasteiger partial charge in [-0.05, 0) is 42.2 Å². The van der Waals surface area contributed by atoms with Gasteiger partial charge in [0.05, 0.1) is 18.8 Å². The van der Waals surface area contributed by atoms with Crippen LogP contribution in [0.1, 0.15) is 63.0 Å². The molecule has 1 aromatic carbocycles. The Labute approximate surface area is 133 Å². The van der Waals surface area contributed by atoms with Crippen molar-refractivity contribution in [1.29, 1.82) is 0 Å². The molecule has 1 saturated heterocycles. The van der Waals surface area contributed by atoms with Crippen molar-refractivity contribution in [2.75, 3.05) is 13.2 Å². The van der Waals surface area contributed by atoms with Crippen molar-refractivity contribution in [3.05, 3.63) is 34.9 Å². The highest BCUT2D eigenvalue weighted by molar-refractivity contribution is 5.37. The highest BCUT2D eigenvalue weighted by Gasteiger charge is 2.50. The van der Waals surface area contributed by atoms with Crippen LogP contribution < -0.4 is 0 Å². The van der Waals surface area contributed by atoms with Gasteiger partial charge in [0.15, 0.2) is 6.29 Å². The van der Waals surface area contributed by atoms with Gasteiger partial charge in [-0.1, -0.05) is 45.4 Å². The molecule has 0 radical (unpaired) electrons. The molecular formula is C19H28O3. The molecule has 3 rings (SSSR count). The topological polar surface area (TPSA) is 38.7 Å². The van der Waals surface area contributed by atoms with Crippen LogP contribution in [-0.4, -0.2) is 18.3 Å². The number of hydrogen-bond acceptors (Lipinski definition) is 3. The molecule has 0 amide bonds. The lowest BCUT2D eigenvalue weighted by atomic mass is 9.58. The van der Waals surface area contributed by atoms with Gasteiger partial charge in [-0.15, -0.1) is 0 Å². The van der Waals surface area contributed by atoms with E-state index in [0.29, 0.717) is 13.2 Å². The second-order valence-corrected chi connectivity index (χ2v) is 7.59. The van der Waals surface area contributed by atoms with E-state index in [0.717, 1.165) is 29.5 Å². The fourth-order valence-electron chi connectivity index (χ4n) is 4.31. The van der Waals surface area contributed by atoms with Gasteiger partial charge in [0.2, 0.25) is 0 Å². The van der Waals surface area contributed by atoms with Crippen LogP contribution in [0.2, 0.25) is 0 Å². The van der Waals surface area contributed by atoms with E-state index >= 15 is 0 Å². The summed E-state index contributed by atoms with van der Waals surface area (Å²) in [5.41, 5.74) is 2.35. The Morgan fingerprint density at radius 2 is 1.86 bits per heavy atom. The van der Waals surface area contributed by atoms with Gasteiger partial charge in [-0.3, -0.25) is 0 Å². The van der Waals surface area contributed by atoms with E-state index < -0.39 is 5.60 Å². The zero-order valence-corrected chi connectivity index (χ0v) is 14.2. The number of ether oxygens (including phenoxy) is 2. The van der Waals surface area contributed by atoms with Crippen LogP contribution in [0.5, 0.6) is 0 Å². The molecule has 1 saturated carbocycles. The van der Waals surface area contributed by atoms with Crippen LogP contribution in [0, 0.1) is 18.3 Å². The molecule has 122 valence electrons. The van der Waals surface area contributed by atoms with E-state index in [1.54, 1.807) is 0 Å². The quantitative estimate of drug-likeness (QED) is 0.895. The van der Waals surface area contributed by atoms with Gasteiger partial charge in [-0.2, -0.15) is 0 Å². The molecule has 0 aromatic heterocycles. The van der Waals surface area contributed by atoms with E-state index in [2.05, 4.69) is 45.9 Å². The normalized spacial score (nSPS) is 32.3. The van der Waals surface area contributed by atoms with Gasteiger partial charge in [0.25, 0.3) is 0 Å². The van der Waals surface area contributed by atoms with Gasteiger partial charge in [-0.25, -0.2) is 0 Å². The van der Waals surface area contributed by atoms with Crippen LogP contribution in [0.15, 0.2) is 18.2 Å². The third-order valence-corrected chi connectivity index (χ3v) is 5.77. The fraction of sp³-hybridized carbons (Fsp3) is 0.684. The predicted molar refractivity (Wildman–Crippen MR) is 86.5 cm³/mol. The summed E-state index contributed by atoms with van der Waals surface area (Å²) >= 11 is 0. The first kappa shape index (κ1) is 16.0. The van der Waals surface area contributed by atoms with E-state index in [1.165, 1.54) is 6.42 Å². The summed E-state index contributed by atoms with van der Waals surface area (Å²) in [4.78, 5) is 0. The van der Waals surface area contributed by atoms with Crippen LogP contribution >= 0.6 is 0 Å². The number of aliphatic hydroxyl groups is 1. The molecule has 1 N–H and O–H groups in total. The SMILES string of the molecule is Cc1cc([C@@]2(O)[C@@H](C)CCCC2(C)C)ccc1C1OCCO1. The van der Waals surface area contributed by atoms with E-state index in [9.17, 15) is 5.11 Å². The summed E-state index contributed by atoms with van der Waals surface area (Å²) in [6.07, 6.45) is 3.08. The first-order chi connectivity index (χ1) is 10.4. The van der Waals surface area contributed by atoms with Crippen LogP contribution in [-0.2, 0) is 15.1 Å². The molecular weight excluding hydrogens is 276 g/mol. The summed E-state index contributed by atoms with van der Waals surface area (Å²) in [5.74, 6) is 0.264. The molecule has 1 aliphatic carbocycles. The van der Waals surface area contributed by atoms with Gasteiger partial charge in [0, 0.05) is 5.56 Å². The van der Waals surface area contributed by atoms with E-state index in [4.69, 9.17) is 9.47 Å². The third-order valence-electron chi connectivity index (χ3n) is 5.77.